The first-order chi connectivity index (χ1) is 28.2. The van der Waals surface area contributed by atoms with Crippen LogP contribution in [0.4, 0.5) is 0 Å². The first-order valence-electron chi connectivity index (χ1n) is 20.0. The van der Waals surface area contributed by atoms with Gasteiger partial charge in [0.2, 0.25) is 0 Å². The predicted molar refractivity (Wildman–Crippen MR) is 238 cm³/mol. The Morgan fingerprint density at radius 1 is 0.534 bits per heavy atom. The van der Waals surface area contributed by atoms with E-state index >= 15 is 0 Å². The van der Waals surface area contributed by atoms with Gasteiger partial charge in [0, 0.05) is 39.3 Å². The van der Waals surface area contributed by atoms with Crippen molar-refractivity contribution in [3.05, 3.63) is 204 Å². The molecule has 280 valence electrons. The third kappa shape index (κ3) is 5.59. The molecule has 58 heavy (non-hydrogen) atoms. The van der Waals surface area contributed by atoms with E-state index in [0.717, 1.165) is 50.2 Å². The lowest BCUT2D eigenvalue weighted by molar-refractivity contribution is 0.477. The molecule has 9 aromatic rings. The number of benzene rings is 7. The Balaban J connectivity index is 1.26. The number of phenolic OH excluding ortho intramolecular Hbond substituents is 1. The van der Waals surface area contributed by atoms with Crippen LogP contribution in [0.1, 0.15) is 49.9 Å². The number of para-hydroxylation sites is 3. The molecule has 0 aliphatic heterocycles. The molecular formula is C54H43N3O. The molecule has 0 atom stereocenters. The minimum absolute atomic E-state index is 0.152. The summed E-state index contributed by atoms with van der Waals surface area (Å²) in [6, 6.07) is 61.5. The van der Waals surface area contributed by atoms with Gasteiger partial charge in [-0.1, -0.05) is 161 Å². The monoisotopic (exact) mass is 749 g/mol. The maximum atomic E-state index is 11.4. The molecule has 0 saturated carbocycles. The third-order valence-electron chi connectivity index (χ3n) is 12.3. The summed E-state index contributed by atoms with van der Waals surface area (Å²) in [6.45, 7) is 9.24. The van der Waals surface area contributed by atoms with Crippen molar-refractivity contribution in [3.8, 4) is 67.5 Å². The summed E-state index contributed by atoms with van der Waals surface area (Å²) in [5.74, 6) is 0.852. The Hall–Kier alpha value is -7.04. The number of hydrogen-bond acceptors (Lipinski definition) is 3. The molecule has 4 heteroatoms. The molecule has 0 spiro atoms. The summed E-state index contributed by atoms with van der Waals surface area (Å²) in [5.41, 5.74) is 16.7. The van der Waals surface area contributed by atoms with Crippen molar-refractivity contribution in [1.82, 2.24) is 14.5 Å². The van der Waals surface area contributed by atoms with E-state index in [1.54, 1.807) is 6.07 Å². The van der Waals surface area contributed by atoms with Crippen molar-refractivity contribution in [2.75, 3.05) is 0 Å². The van der Waals surface area contributed by atoms with Crippen LogP contribution in [0, 0.1) is 0 Å². The average Bonchev–Trinajstić information content (AvgIpc) is 3.76. The van der Waals surface area contributed by atoms with Gasteiger partial charge in [-0.15, -0.1) is 0 Å². The zero-order chi connectivity index (χ0) is 39.6. The predicted octanol–water partition coefficient (Wildman–Crippen LogP) is 13.4. The van der Waals surface area contributed by atoms with Crippen LogP contribution in [0.15, 0.2) is 182 Å². The van der Waals surface area contributed by atoms with Gasteiger partial charge in [0.15, 0.2) is 0 Å². The number of phenols is 1. The Morgan fingerprint density at radius 2 is 1.17 bits per heavy atom. The molecule has 2 aromatic heterocycles. The molecule has 1 aliphatic carbocycles. The van der Waals surface area contributed by atoms with Crippen LogP contribution in [0.2, 0.25) is 0 Å². The lowest BCUT2D eigenvalue weighted by Gasteiger charge is -2.28. The number of pyridine rings is 1. The molecular weight excluding hydrogens is 707 g/mol. The van der Waals surface area contributed by atoms with Gasteiger partial charge >= 0.3 is 0 Å². The molecule has 0 unspecified atom stereocenters. The molecule has 0 amide bonds. The zero-order valence-corrected chi connectivity index (χ0v) is 33.1. The summed E-state index contributed by atoms with van der Waals surface area (Å²) in [4.78, 5) is 10.7. The molecule has 4 nitrogen and oxygen atoms in total. The van der Waals surface area contributed by atoms with Crippen LogP contribution < -0.4 is 0 Å². The lowest BCUT2D eigenvalue weighted by atomic mass is 9.76. The van der Waals surface area contributed by atoms with Gasteiger partial charge in [-0.25, -0.2) is 4.98 Å². The number of aromatic hydroxyl groups is 1. The van der Waals surface area contributed by atoms with Gasteiger partial charge in [-0.05, 0) is 81.4 Å². The van der Waals surface area contributed by atoms with Crippen molar-refractivity contribution < 1.29 is 5.11 Å². The number of fused-ring (bicyclic) bond motifs is 4. The highest BCUT2D eigenvalue weighted by Gasteiger charge is 2.37. The molecule has 1 aliphatic rings. The largest absolute Gasteiger partial charge is 0.507 e. The van der Waals surface area contributed by atoms with E-state index in [1.807, 2.05) is 30.5 Å². The van der Waals surface area contributed by atoms with E-state index in [9.17, 15) is 5.11 Å². The number of hydrogen-bond donors (Lipinski definition) is 1. The van der Waals surface area contributed by atoms with Crippen molar-refractivity contribution in [1.29, 1.82) is 0 Å². The highest BCUT2D eigenvalue weighted by molar-refractivity contribution is 5.98. The van der Waals surface area contributed by atoms with Crippen molar-refractivity contribution in [2.45, 2.75) is 38.5 Å². The quantitative estimate of drug-likeness (QED) is 0.176. The molecule has 2 heterocycles. The van der Waals surface area contributed by atoms with E-state index in [1.165, 1.54) is 33.4 Å². The first-order valence-corrected chi connectivity index (χ1v) is 20.0. The van der Waals surface area contributed by atoms with Crippen LogP contribution in [-0.2, 0) is 10.8 Å². The summed E-state index contributed by atoms with van der Waals surface area (Å²) >= 11 is 0. The topological polar surface area (TPSA) is 50.9 Å². The number of aromatic nitrogens is 3. The molecule has 0 radical (unpaired) electrons. The fourth-order valence-electron chi connectivity index (χ4n) is 9.12. The van der Waals surface area contributed by atoms with Gasteiger partial charge in [0.05, 0.1) is 28.0 Å². The summed E-state index contributed by atoms with van der Waals surface area (Å²) < 4.78 is 2.21. The maximum Gasteiger partial charge on any atom is 0.149 e. The minimum atomic E-state index is -0.329. The van der Waals surface area contributed by atoms with E-state index in [2.05, 4.69) is 178 Å². The maximum absolute atomic E-state index is 11.4. The Kier molecular flexibility index (Phi) is 8.27. The lowest BCUT2D eigenvalue weighted by Crippen LogP contribution is -2.19. The first kappa shape index (κ1) is 35.4. The van der Waals surface area contributed by atoms with E-state index in [0.29, 0.717) is 11.4 Å². The van der Waals surface area contributed by atoms with Gasteiger partial charge in [0.25, 0.3) is 0 Å². The Labute approximate surface area is 339 Å². The molecule has 0 saturated heterocycles. The van der Waals surface area contributed by atoms with Crippen LogP contribution in [0.25, 0.3) is 72.7 Å². The fourth-order valence-corrected chi connectivity index (χ4v) is 9.12. The molecule has 7 aromatic carbocycles. The van der Waals surface area contributed by atoms with Gasteiger partial charge in [0.1, 0.15) is 11.6 Å². The van der Waals surface area contributed by atoms with Crippen molar-refractivity contribution >= 4 is 11.0 Å². The van der Waals surface area contributed by atoms with Crippen LogP contribution in [-0.4, -0.2) is 19.6 Å². The molecule has 0 bridgehead atoms. The summed E-state index contributed by atoms with van der Waals surface area (Å²) in [7, 11) is 0. The Morgan fingerprint density at radius 3 is 1.95 bits per heavy atom. The van der Waals surface area contributed by atoms with Crippen LogP contribution >= 0.6 is 0 Å². The number of nitrogens with zero attached hydrogens (tertiary/aromatic N) is 3. The van der Waals surface area contributed by atoms with Gasteiger partial charge in [-0.3, -0.25) is 9.55 Å². The van der Waals surface area contributed by atoms with E-state index in [-0.39, 0.29) is 16.6 Å². The zero-order valence-electron chi connectivity index (χ0n) is 33.1. The SMILES string of the molecule is CC(C)(c1ccccc1)c1cc(-c2nccc3c2-c2ccccc2C3(C)C)cc(-c2cccc3c2nc(-c2ccccc2O)n3-c2ccccc2-c2ccccc2)c1. The normalized spacial score (nSPS) is 13.0. The summed E-state index contributed by atoms with van der Waals surface area (Å²) in [5, 5.41) is 11.4. The smallest absolute Gasteiger partial charge is 0.149 e. The highest BCUT2D eigenvalue weighted by Crippen LogP contribution is 2.52. The minimum Gasteiger partial charge on any atom is -0.507 e. The second kappa shape index (κ2) is 13.6. The number of rotatable bonds is 7. The Bertz CT molecular complexity index is 3010. The van der Waals surface area contributed by atoms with E-state index < -0.39 is 0 Å². The van der Waals surface area contributed by atoms with Gasteiger partial charge < -0.3 is 5.11 Å². The van der Waals surface area contributed by atoms with Crippen LogP contribution in [0.5, 0.6) is 5.75 Å². The third-order valence-corrected chi connectivity index (χ3v) is 12.3. The molecule has 1 N–H and O–H groups in total. The van der Waals surface area contributed by atoms with E-state index in [4.69, 9.17) is 9.97 Å². The molecule has 10 rings (SSSR count). The summed E-state index contributed by atoms with van der Waals surface area (Å²) in [6.07, 6.45) is 1.97. The fraction of sp³-hybridized carbons (Fsp3) is 0.111. The van der Waals surface area contributed by atoms with Crippen molar-refractivity contribution in [3.63, 3.8) is 0 Å². The van der Waals surface area contributed by atoms with Crippen molar-refractivity contribution in [2.24, 2.45) is 0 Å². The van der Waals surface area contributed by atoms with Gasteiger partial charge in [-0.2, -0.15) is 0 Å². The average molecular weight is 750 g/mol. The number of imidazole rings is 1. The molecule has 0 fully saturated rings. The standard InChI is InChI=1S/C54H43N3O/c1-53(2,38-20-9-6-10-21-38)39-33-36(32-37(34-39)50-49-42-23-11-14-26-44(42)54(3,4)45(49)30-31-55-50)41-25-17-28-47-51(41)56-52(43-24-13-16-29-48(43)58)57(47)46-27-15-12-22-40(46)35-18-7-5-8-19-35/h5-34,58H,1-4H3. The second-order valence-electron chi connectivity index (χ2n) is 16.4. The highest BCUT2D eigenvalue weighted by atomic mass is 16.3. The van der Waals surface area contributed by atoms with Crippen LogP contribution in [0.3, 0.4) is 0 Å². The second-order valence-corrected chi connectivity index (χ2v) is 16.4.